The minimum Gasteiger partial charge on any atom is -0.461 e. The molecule has 1 aromatic rings. The summed E-state index contributed by atoms with van der Waals surface area (Å²) in [4.78, 5) is 48.8. The Morgan fingerprint density at radius 2 is 1.96 bits per heavy atom. The van der Waals surface area contributed by atoms with Gasteiger partial charge in [0.25, 0.3) is 5.91 Å². The topological polar surface area (TPSA) is 109 Å². The summed E-state index contributed by atoms with van der Waals surface area (Å²) >= 11 is 0. The molecule has 2 amide bonds. The minimum atomic E-state index is -1.35. The third kappa shape index (κ3) is 2.23. The second kappa shape index (κ2) is 5.80. The van der Waals surface area contributed by atoms with Gasteiger partial charge in [-0.2, -0.15) is 0 Å². The zero-order valence-electron chi connectivity index (χ0n) is 12.4. The summed E-state index contributed by atoms with van der Waals surface area (Å²) in [5.41, 5.74) is -0.237. The highest BCUT2D eigenvalue weighted by molar-refractivity contribution is 6.46. The summed E-state index contributed by atoms with van der Waals surface area (Å²) in [6, 6.07) is 3.30. The highest BCUT2D eigenvalue weighted by Crippen LogP contribution is 2.35. The van der Waals surface area contributed by atoms with Crippen LogP contribution in [0.1, 0.15) is 6.92 Å². The fourth-order valence-electron chi connectivity index (χ4n) is 2.68. The van der Waals surface area contributed by atoms with E-state index < -0.39 is 35.6 Å². The average molecular weight is 334 g/mol. The van der Waals surface area contributed by atoms with Gasteiger partial charge in [-0.15, -0.1) is 15.1 Å². The van der Waals surface area contributed by atoms with E-state index in [0.29, 0.717) is 5.12 Å². The van der Waals surface area contributed by atoms with Crippen LogP contribution in [0.2, 0.25) is 0 Å². The molecule has 0 bridgehead atoms. The summed E-state index contributed by atoms with van der Waals surface area (Å²) in [5, 5.41) is 6.69. The van der Waals surface area contributed by atoms with Crippen LogP contribution in [0.5, 0.6) is 0 Å². The molecular formula is C14H11FN4O5. The second-order valence-corrected chi connectivity index (χ2v) is 5.02. The number of benzene rings is 1. The Morgan fingerprint density at radius 1 is 1.29 bits per heavy atom. The lowest BCUT2D eigenvalue weighted by atomic mass is 9.98. The van der Waals surface area contributed by atoms with E-state index >= 15 is 0 Å². The Labute approximate surface area is 134 Å². The van der Waals surface area contributed by atoms with Crippen molar-refractivity contribution in [3.8, 4) is 0 Å². The van der Waals surface area contributed by atoms with Crippen molar-refractivity contribution in [2.45, 2.75) is 13.0 Å². The molecule has 0 N–H and O–H groups in total. The Balaban J connectivity index is 2.00. The third-order valence-corrected chi connectivity index (χ3v) is 3.68. The van der Waals surface area contributed by atoms with Gasteiger partial charge in [0, 0.05) is 0 Å². The van der Waals surface area contributed by atoms with Gasteiger partial charge in [-0.05, 0) is 31.2 Å². The summed E-state index contributed by atoms with van der Waals surface area (Å²) in [6.07, 6.45) is 0. The number of fused-ring (bicyclic) bond motifs is 1. The zero-order valence-corrected chi connectivity index (χ0v) is 12.4. The van der Waals surface area contributed by atoms with Crippen molar-refractivity contribution in [1.82, 2.24) is 5.12 Å². The van der Waals surface area contributed by atoms with E-state index in [0.717, 1.165) is 17.0 Å². The lowest BCUT2D eigenvalue weighted by Crippen LogP contribution is -2.36. The van der Waals surface area contributed by atoms with Gasteiger partial charge in [-0.3, -0.25) is 9.59 Å². The Morgan fingerprint density at radius 3 is 2.54 bits per heavy atom. The van der Waals surface area contributed by atoms with Crippen LogP contribution in [-0.2, 0) is 19.1 Å². The van der Waals surface area contributed by atoms with Crippen molar-refractivity contribution in [3.63, 3.8) is 0 Å². The van der Waals surface area contributed by atoms with Gasteiger partial charge in [0.05, 0.1) is 17.6 Å². The maximum atomic E-state index is 13.0. The molecule has 0 saturated carbocycles. The van der Waals surface area contributed by atoms with Crippen molar-refractivity contribution < 1.29 is 23.5 Å². The molecule has 0 radical (unpaired) electrons. The van der Waals surface area contributed by atoms with Crippen LogP contribution in [0.3, 0.4) is 0 Å². The molecule has 2 aliphatic heterocycles. The van der Waals surface area contributed by atoms with Gasteiger partial charge >= 0.3 is 5.97 Å². The van der Waals surface area contributed by atoms with E-state index in [1.54, 1.807) is 6.92 Å². The van der Waals surface area contributed by atoms with Crippen LogP contribution >= 0.6 is 0 Å². The number of halogens is 1. The number of hydrogen-bond acceptors (Lipinski definition) is 7. The molecule has 3 rings (SSSR count). The molecule has 0 aliphatic carbocycles. The molecular weight excluding hydrogens is 323 g/mol. The van der Waals surface area contributed by atoms with Gasteiger partial charge in [0.15, 0.2) is 11.8 Å². The van der Waals surface area contributed by atoms with E-state index in [1.807, 2.05) is 0 Å². The molecule has 1 fully saturated rings. The highest BCUT2D eigenvalue weighted by atomic mass is 19.1. The predicted molar refractivity (Wildman–Crippen MR) is 77.9 cm³/mol. The van der Waals surface area contributed by atoms with Gasteiger partial charge < -0.3 is 4.74 Å². The lowest BCUT2D eigenvalue weighted by molar-refractivity contribution is -0.136. The molecule has 2 unspecified atom stereocenters. The monoisotopic (exact) mass is 334 g/mol. The van der Waals surface area contributed by atoms with E-state index in [9.17, 15) is 23.7 Å². The first kappa shape index (κ1) is 15.7. The number of imide groups is 1. The van der Waals surface area contributed by atoms with Crippen molar-refractivity contribution >= 4 is 29.2 Å². The molecule has 0 spiro atoms. The van der Waals surface area contributed by atoms with Crippen molar-refractivity contribution in [2.24, 2.45) is 16.3 Å². The molecule has 1 saturated heterocycles. The third-order valence-electron chi connectivity index (χ3n) is 3.68. The molecule has 124 valence electrons. The van der Waals surface area contributed by atoms with E-state index in [2.05, 4.69) is 10.4 Å². The Hall–Kier alpha value is -3.17. The normalized spacial score (nSPS) is 22.5. The predicted octanol–water partition coefficient (Wildman–Crippen LogP) is 0.600. The number of rotatable bonds is 4. The number of carbonyl (C=O) groups is 3. The first-order chi connectivity index (χ1) is 11.5. The molecule has 10 heteroatoms. The van der Waals surface area contributed by atoms with Crippen molar-refractivity contribution in [3.05, 3.63) is 35.0 Å². The molecule has 9 nitrogen and oxygen atoms in total. The number of hydrazone groups is 1. The first-order valence-corrected chi connectivity index (χ1v) is 7.01. The van der Waals surface area contributed by atoms with Crippen LogP contribution in [0.25, 0.3) is 0 Å². The van der Waals surface area contributed by atoms with Gasteiger partial charge in [0.2, 0.25) is 5.91 Å². The highest BCUT2D eigenvalue weighted by Gasteiger charge is 2.59. The fourth-order valence-corrected chi connectivity index (χ4v) is 2.68. The van der Waals surface area contributed by atoms with Gasteiger partial charge in [-0.25, -0.2) is 14.1 Å². The van der Waals surface area contributed by atoms with Crippen LogP contribution in [-0.4, -0.2) is 41.3 Å². The fraction of sp³-hybridized carbons (Fsp3) is 0.286. The first-order valence-electron chi connectivity index (χ1n) is 7.01. The summed E-state index contributed by atoms with van der Waals surface area (Å²) in [7, 11) is 0. The van der Waals surface area contributed by atoms with Crippen LogP contribution in [0.15, 0.2) is 34.7 Å². The molecule has 2 aliphatic rings. The number of amides is 2. The summed E-state index contributed by atoms with van der Waals surface area (Å²) < 4.78 is 17.8. The second-order valence-electron chi connectivity index (χ2n) is 5.02. The summed E-state index contributed by atoms with van der Waals surface area (Å²) in [5.74, 6) is -4.27. The standard InChI is InChI=1S/C14H11FN4O5/c1-2-24-14(22)10-9-11(19(16-10)17-23)13(21)18(12(9)20)8-5-3-7(15)4-6-8/h3-6,9,11H,2H2,1H3. The van der Waals surface area contributed by atoms with E-state index in [1.165, 1.54) is 12.1 Å². The minimum absolute atomic E-state index is 0.0353. The van der Waals surface area contributed by atoms with Crippen LogP contribution < -0.4 is 4.90 Å². The van der Waals surface area contributed by atoms with Gasteiger partial charge in [-0.1, -0.05) is 0 Å². The van der Waals surface area contributed by atoms with Crippen LogP contribution in [0.4, 0.5) is 10.1 Å². The number of esters is 1. The quantitative estimate of drug-likeness (QED) is 0.453. The Bertz CT molecular complexity index is 763. The number of carbonyl (C=O) groups excluding carboxylic acids is 3. The zero-order chi connectivity index (χ0) is 17.4. The molecule has 24 heavy (non-hydrogen) atoms. The van der Waals surface area contributed by atoms with E-state index in [4.69, 9.17) is 4.74 Å². The number of anilines is 1. The lowest BCUT2D eigenvalue weighted by Gasteiger charge is -2.16. The Kier molecular flexibility index (Phi) is 3.80. The van der Waals surface area contributed by atoms with Crippen molar-refractivity contribution in [1.29, 1.82) is 0 Å². The average Bonchev–Trinajstić information content (AvgIpc) is 3.07. The maximum absolute atomic E-state index is 13.0. The molecule has 2 atom stereocenters. The number of ether oxygens (including phenoxy) is 1. The van der Waals surface area contributed by atoms with Crippen LogP contribution in [0, 0.1) is 16.6 Å². The summed E-state index contributed by atoms with van der Waals surface area (Å²) in [6.45, 7) is 1.60. The SMILES string of the molecule is CCOC(=O)C1=NN(N=O)C2C(=O)N(c3ccc(F)cc3)C(=O)C12. The largest absolute Gasteiger partial charge is 0.461 e. The number of nitroso groups, excluding NO2 is 1. The smallest absolute Gasteiger partial charge is 0.355 e. The molecule has 1 aromatic carbocycles. The molecule has 2 heterocycles. The van der Waals surface area contributed by atoms with Gasteiger partial charge in [0.1, 0.15) is 11.7 Å². The van der Waals surface area contributed by atoms with E-state index in [-0.39, 0.29) is 18.0 Å². The molecule has 0 aromatic heterocycles. The van der Waals surface area contributed by atoms with Crippen molar-refractivity contribution in [2.75, 3.05) is 11.5 Å². The number of hydrogen-bond donors (Lipinski definition) is 0. The maximum Gasteiger partial charge on any atom is 0.355 e. The number of nitrogens with zero attached hydrogens (tertiary/aromatic N) is 4.